The number of hydrogen-bond acceptors (Lipinski definition) is 5. The lowest BCUT2D eigenvalue weighted by atomic mass is 9.96. The van der Waals surface area contributed by atoms with E-state index >= 15 is 0 Å². The molecular formula is C26H19ClF3N5O3. The standard InChI is InChI=1S/C26H19ClF3N5O3/c1-33-24(36)22(17-4-8-18(27)9-5-17)21(16-6-10-19(38-2)11-7-16)23-32-34(25(37)35(23)33)14-15-3-12-20(31-13-15)26(28,29)30/h3-13H,14H2,1-2H3. The Kier molecular flexibility index (Phi) is 6.31. The van der Waals surface area contributed by atoms with Crippen LogP contribution in [0.15, 0.2) is 76.4 Å². The van der Waals surface area contributed by atoms with Crippen LogP contribution in [0, 0.1) is 0 Å². The molecule has 0 amide bonds. The molecule has 8 nitrogen and oxygen atoms in total. The van der Waals surface area contributed by atoms with E-state index in [9.17, 15) is 22.8 Å². The number of ether oxygens (including phenoxy) is 1. The number of methoxy groups -OCH3 is 1. The average molecular weight is 542 g/mol. The van der Waals surface area contributed by atoms with E-state index < -0.39 is 23.1 Å². The Bertz CT molecular complexity index is 1760. The van der Waals surface area contributed by atoms with Gasteiger partial charge in [0.05, 0.1) is 19.2 Å². The van der Waals surface area contributed by atoms with Crippen molar-refractivity contribution in [3.8, 4) is 28.0 Å². The van der Waals surface area contributed by atoms with Gasteiger partial charge in [0.2, 0.25) is 0 Å². The highest BCUT2D eigenvalue weighted by Crippen LogP contribution is 2.34. The van der Waals surface area contributed by atoms with Gasteiger partial charge in [0.15, 0.2) is 5.65 Å². The van der Waals surface area contributed by atoms with Crippen molar-refractivity contribution in [1.29, 1.82) is 0 Å². The Morgan fingerprint density at radius 1 is 0.921 bits per heavy atom. The Labute approximate surface area is 218 Å². The Morgan fingerprint density at radius 3 is 2.13 bits per heavy atom. The summed E-state index contributed by atoms with van der Waals surface area (Å²) in [7, 11) is 2.97. The highest BCUT2D eigenvalue weighted by Gasteiger charge is 2.32. The fourth-order valence-corrected chi connectivity index (χ4v) is 4.30. The fourth-order valence-electron chi connectivity index (χ4n) is 4.17. The van der Waals surface area contributed by atoms with Gasteiger partial charge < -0.3 is 4.74 Å². The molecule has 194 valence electrons. The maximum absolute atomic E-state index is 13.6. The molecule has 0 atom stereocenters. The topological polar surface area (TPSA) is 83.4 Å². The number of benzene rings is 2. The molecule has 0 aliphatic heterocycles. The second-order valence-electron chi connectivity index (χ2n) is 8.44. The van der Waals surface area contributed by atoms with Gasteiger partial charge in [-0.25, -0.2) is 14.2 Å². The Hall–Kier alpha value is -4.38. The van der Waals surface area contributed by atoms with Crippen molar-refractivity contribution in [3.63, 3.8) is 0 Å². The van der Waals surface area contributed by atoms with E-state index in [0.717, 1.165) is 26.1 Å². The van der Waals surface area contributed by atoms with Crippen LogP contribution in [0.1, 0.15) is 11.3 Å². The summed E-state index contributed by atoms with van der Waals surface area (Å²) < 4.78 is 47.3. The van der Waals surface area contributed by atoms with E-state index in [1.165, 1.54) is 20.2 Å². The normalized spacial score (nSPS) is 11.7. The second kappa shape index (κ2) is 9.49. The number of nitrogens with zero attached hydrogens (tertiary/aromatic N) is 5. The minimum atomic E-state index is -4.58. The van der Waals surface area contributed by atoms with Gasteiger partial charge in [-0.15, -0.1) is 5.10 Å². The van der Waals surface area contributed by atoms with E-state index in [0.29, 0.717) is 38.6 Å². The molecule has 0 saturated heterocycles. The molecule has 38 heavy (non-hydrogen) atoms. The second-order valence-corrected chi connectivity index (χ2v) is 8.88. The van der Waals surface area contributed by atoms with Crippen molar-refractivity contribution in [3.05, 3.63) is 104 Å². The fraction of sp³-hybridized carbons (Fsp3) is 0.154. The van der Waals surface area contributed by atoms with Crippen LogP contribution in [-0.2, 0) is 19.8 Å². The first-order chi connectivity index (χ1) is 18.1. The number of aryl methyl sites for hydroxylation is 1. The molecule has 0 unspecified atom stereocenters. The Balaban J connectivity index is 1.75. The Morgan fingerprint density at radius 2 is 1.55 bits per heavy atom. The lowest BCUT2D eigenvalue weighted by molar-refractivity contribution is -0.141. The smallest absolute Gasteiger partial charge is 0.433 e. The molecule has 0 aliphatic rings. The minimum Gasteiger partial charge on any atom is -0.497 e. The first-order valence-electron chi connectivity index (χ1n) is 11.2. The molecule has 12 heteroatoms. The van der Waals surface area contributed by atoms with Gasteiger partial charge in [-0.05, 0) is 47.0 Å². The van der Waals surface area contributed by atoms with Crippen molar-refractivity contribution < 1.29 is 17.9 Å². The first-order valence-corrected chi connectivity index (χ1v) is 11.6. The molecule has 3 aromatic heterocycles. The summed E-state index contributed by atoms with van der Waals surface area (Å²) in [6.07, 6.45) is -3.54. The van der Waals surface area contributed by atoms with Crippen LogP contribution in [0.5, 0.6) is 5.75 Å². The number of rotatable bonds is 5. The molecular weight excluding hydrogens is 523 g/mol. The van der Waals surface area contributed by atoms with Crippen LogP contribution in [0.25, 0.3) is 27.9 Å². The van der Waals surface area contributed by atoms with Crippen molar-refractivity contribution in [1.82, 2.24) is 24.0 Å². The van der Waals surface area contributed by atoms with Crippen LogP contribution < -0.4 is 16.0 Å². The minimum absolute atomic E-state index is 0.155. The lowest BCUT2D eigenvalue weighted by Crippen LogP contribution is -2.33. The third-order valence-corrected chi connectivity index (χ3v) is 6.31. The number of hydrogen-bond donors (Lipinski definition) is 0. The summed E-state index contributed by atoms with van der Waals surface area (Å²) in [6, 6.07) is 15.7. The number of pyridine rings is 1. The SMILES string of the molecule is COc1ccc(-c2c(-c3ccc(Cl)cc3)c(=O)n(C)n3c(=O)n(Cc4ccc(C(F)(F)F)nc4)nc23)cc1. The number of fused-ring (bicyclic) bond motifs is 1. The monoisotopic (exact) mass is 541 g/mol. The van der Waals surface area contributed by atoms with Crippen LogP contribution in [0.2, 0.25) is 5.02 Å². The predicted molar refractivity (Wildman–Crippen MR) is 135 cm³/mol. The summed E-state index contributed by atoms with van der Waals surface area (Å²) in [5.74, 6) is 0.597. The lowest BCUT2D eigenvalue weighted by Gasteiger charge is -2.14. The van der Waals surface area contributed by atoms with Gasteiger partial charge in [-0.2, -0.15) is 17.7 Å². The molecule has 0 aliphatic carbocycles. The van der Waals surface area contributed by atoms with Gasteiger partial charge in [0, 0.05) is 23.8 Å². The van der Waals surface area contributed by atoms with Gasteiger partial charge in [0.25, 0.3) is 5.56 Å². The molecule has 0 spiro atoms. The van der Waals surface area contributed by atoms with Gasteiger partial charge in [-0.3, -0.25) is 9.78 Å². The molecule has 0 saturated carbocycles. The van der Waals surface area contributed by atoms with Crippen LogP contribution in [0.3, 0.4) is 0 Å². The van der Waals surface area contributed by atoms with E-state index in [4.69, 9.17) is 16.3 Å². The van der Waals surface area contributed by atoms with Gasteiger partial charge in [0.1, 0.15) is 11.4 Å². The van der Waals surface area contributed by atoms with Crippen molar-refractivity contribution in [2.45, 2.75) is 12.7 Å². The van der Waals surface area contributed by atoms with Gasteiger partial charge >= 0.3 is 11.9 Å². The molecule has 5 aromatic rings. The summed E-state index contributed by atoms with van der Waals surface area (Å²) in [4.78, 5) is 30.5. The van der Waals surface area contributed by atoms with E-state index in [2.05, 4.69) is 10.1 Å². The van der Waals surface area contributed by atoms with E-state index in [1.807, 2.05) is 0 Å². The third-order valence-electron chi connectivity index (χ3n) is 6.06. The van der Waals surface area contributed by atoms with Crippen molar-refractivity contribution in [2.75, 3.05) is 7.11 Å². The highest BCUT2D eigenvalue weighted by atomic mass is 35.5. The van der Waals surface area contributed by atoms with E-state index in [1.54, 1.807) is 48.5 Å². The predicted octanol–water partition coefficient (Wildman–Crippen LogP) is 4.65. The molecule has 3 heterocycles. The maximum Gasteiger partial charge on any atom is 0.433 e. The van der Waals surface area contributed by atoms with Gasteiger partial charge in [-0.1, -0.05) is 41.9 Å². The third kappa shape index (κ3) is 4.45. The van der Waals surface area contributed by atoms with Crippen molar-refractivity contribution in [2.24, 2.45) is 7.05 Å². The molecule has 5 rings (SSSR count). The first kappa shape index (κ1) is 25.3. The zero-order valence-electron chi connectivity index (χ0n) is 20.0. The number of aromatic nitrogens is 5. The molecule has 0 radical (unpaired) electrons. The summed E-state index contributed by atoms with van der Waals surface area (Å²) >= 11 is 6.07. The molecule has 0 N–H and O–H groups in total. The summed E-state index contributed by atoms with van der Waals surface area (Å²) in [5.41, 5.74) is 0.254. The molecule has 0 bridgehead atoms. The van der Waals surface area contributed by atoms with Crippen LogP contribution in [0.4, 0.5) is 13.2 Å². The number of halogens is 4. The quantitative estimate of drug-likeness (QED) is 0.323. The highest BCUT2D eigenvalue weighted by molar-refractivity contribution is 6.30. The zero-order valence-corrected chi connectivity index (χ0v) is 20.8. The van der Waals surface area contributed by atoms with E-state index in [-0.39, 0.29) is 12.2 Å². The van der Waals surface area contributed by atoms with Crippen molar-refractivity contribution >= 4 is 17.2 Å². The van der Waals surface area contributed by atoms with Crippen LogP contribution >= 0.6 is 11.6 Å². The summed E-state index contributed by atoms with van der Waals surface area (Å²) in [6.45, 7) is -0.155. The summed E-state index contributed by atoms with van der Waals surface area (Å²) in [5, 5.41) is 4.99. The largest absolute Gasteiger partial charge is 0.497 e. The van der Waals surface area contributed by atoms with Crippen LogP contribution in [-0.4, -0.2) is 31.1 Å². The average Bonchev–Trinajstić information content (AvgIpc) is 3.22. The zero-order chi connectivity index (χ0) is 27.2. The molecule has 2 aromatic carbocycles. The number of alkyl halides is 3. The maximum atomic E-state index is 13.6. The molecule has 0 fully saturated rings.